The van der Waals surface area contributed by atoms with Crippen molar-refractivity contribution in [1.82, 2.24) is 10.6 Å². The summed E-state index contributed by atoms with van der Waals surface area (Å²) in [4.78, 5) is 11.9. The minimum Gasteiger partial charge on any atom is -0.347 e. The molecule has 2 heterocycles. The van der Waals surface area contributed by atoms with Crippen molar-refractivity contribution in [3.8, 4) is 0 Å². The van der Waals surface area contributed by atoms with Crippen molar-refractivity contribution >= 4 is 17.2 Å². The third-order valence-corrected chi connectivity index (χ3v) is 3.98. The van der Waals surface area contributed by atoms with Crippen LogP contribution in [-0.4, -0.2) is 24.5 Å². The molecule has 0 bridgehead atoms. The van der Waals surface area contributed by atoms with Crippen LogP contribution in [0.5, 0.6) is 0 Å². The van der Waals surface area contributed by atoms with Gasteiger partial charge in [-0.2, -0.15) is 11.3 Å². The molecule has 0 aromatic carbocycles. The SMILES string of the molecule is CC1CCNC(C)C1NC(=O)c1ccsc1. The lowest BCUT2D eigenvalue weighted by Crippen LogP contribution is -2.55. The first kappa shape index (κ1) is 11.6. The van der Waals surface area contributed by atoms with Crippen molar-refractivity contribution in [2.75, 3.05) is 6.54 Å². The molecule has 2 rings (SSSR count). The van der Waals surface area contributed by atoms with E-state index < -0.39 is 0 Å². The van der Waals surface area contributed by atoms with Gasteiger partial charge in [-0.15, -0.1) is 0 Å². The summed E-state index contributed by atoms with van der Waals surface area (Å²) in [5, 5.41) is 10.3. The number of amides is 1. The van der Waals surface area contributed by atoms with Crippen molar-refractivity contribution in [3.05, 3.63) is 22.4 Å². The molecule has 0 saturated carbocycles. The Morgan fingerprint density at radius 3 is 3.00 bits per heavy atom. The highest BCUT2D eigenvalue weighted by Crippen LogP contribution is 2.17. The predicted molar refractivity (Wildman–Crippen MR) is 66.8 cm³/mol. The van der Waals surface area contributed by atoms with Crippen LogP contribution in [0.1, 0.15) is 30.6 Å². The van der Waals surface area contributed by atoms with E-state index >= 15 is 0 Å². The summed E-state index contributed by atoms with van der Waals surface area (Å²) < 4.78 is 0. The van der Waals surface area contributed by atoms with E-state index in [1.807, 2.05) is 16.8 Å². The molecule has 0 aliphatic carbocycles. The number of rotatable bonds is 2. The Morgan fingerprint density at radius 2 is 2.38 bits per heavy atom. The fraction of sp³-hybridized carbons (Fsp3) is 0.583. The van der Waals surface area contributed by atoms with Crippen LogP contribution in [0.25, 0.3) is 0 Å². The number of piperidine rings is 1. The van der Waals surface area contributed by atoms with Crippen molar-refractivity contribution < 1.29 is 4.79 Å². The van der Waals surface area contributed by atoms with E-state index in [0.29, 0.717) is 12.0 Å². The molecule has 1 aromatic heterocycles. The summed E-state index contributed by atoms with van der Waals surface area (Å²) in [7, 11) is 0. The van der Waals surface area contributed by atoms with Gasteiger partial charge in [0.15, 0.2) is 0 Å². The zero-order valence-electron chi connectivity index (χ0n) is 9.69. The van der Waals surface area contributed by atoms with Gasteiger partial charge in [-0.25, -0.2) is 0 Å². The molecular weight excluding hydrogens is 220 g/mol. The van der Waals surface area contributed by atoms with Gasteiger partial charge in [0.2, 0.25) is 0 Å². The summed E-state index contributed by atoms with van der Waals surface area (Å²) in [6, 6.07) is 2.46. The minimum absolute atomic E-state index is 0.0497. The number of hydrogen-bond acceptors (Lipinski definition) is 3. The van der Waals surface area contributed by atoms with Gasteiger partial charge in [0.25, 0.3) is 5.91 Å². The Labute approximate surface area is 100 Å². The fourth-order valence-corrected chi connectivity index (χ4v) is 2.87. The molecule has 0 radical (unpaired) electrons. The third-order valence-electron chi connectivity index (χ3n) is 3.30. The van der Waals surface area contributed by atoms with E-state index in [9.17, 15) is 4.79 Å². The van der Waals surface area contributed by atoms with Crippen LogP contribution in [0.2, 0.25) is 0 Å². The summed E-state index contributed by atoms with van der Waals surface area (Å²) >= 11 is 1.56. The Bertz CT molecular complexity index is 340. The van der Waals surface area contributed by atoms with E-state index in [0.717, 1.165) is 18.5 Å². The number of carbonyl (C=O) groups is 1. The number of thiophene rings is 1. The van der Waals surface area contributed by atoms with Crippen LogP contribution in [0, 0.1) is 5.92 Å². The van der Waals surface area contributed by atoms with Crippen LogP contribution in [-0.2, 0) is 0 Å². The van der Waals surface area contributed by atoms with Crippen molar-refractivity contribution in [2.24, 2.45) is 5.92 Å². The van der Waals surface area contributed by atoms with Crippen LogP contribution in [0.3, 0.4) is 0 Å². The smallest absolute Gasteiger partial charge is 0.252 e. The van der Waals surface area contributed by atoms with Gasteiger partial charge in [-0.1, -0.05) is 6.92 Å². The highest BCUT2D eigenvalue weighted by Gasteiger charge is 2.28. The molecular formula is C12H18N2OS. The zero-order chi connectivity index (χ0) is 11.5. The molecule has 1 aliphatic heterocycles. The monoisotopic (exact) mass is 238 g/mol. The maximum absolute atomic E-state index is 11.9. The Balaban J connectivity index is 2.00. The fourth-order valence-electron chi connectivity index (χ4n) is 2.23. The summed E-state index contributed by atoms with van der Waals surface area (Å²) in [6.45, 7) is 5.39. The van der Waals surface area contributed by atoms with E-state index in [1.54, 1.807) is 11.3 Å². The number of hydrogen-bond donors (Lipinski definition) is 2. The van der Waals surface area contributed by atoms with Crippen molar-refractivity contribution in [1.29, 1.82) is 0 Å². The van der Waals surface area contributed by atoms with Gasteiger partial charge >= 0.3 is 0 Å². The maximum Gasteiger partial charge on any atom is 0.252 e. The second-order valence-electron chi connectivity index (χ2n) is 4.52. The average Bonchev–Trinajstić information content (AvgIpc) is 2.76. The predicted octanol–water partition coefficient (Wildman–Crippen LogP) is 1.86. The molecule has 1 amide bonds. The summed E-state index contributed by atoms with van der Waals surface area (Å²) in [6.07, 6.45) is 1.12. The van der Waals surface area contributed by atoms with Gasteiger partial charge in [0.1, 0.15) is 0 Å². The van der Waals surface area contributed by atoms with Crippen LogP contribution in [0.4, 0.5) is 0 Å². The largest absolute Gasteiger partial charge is 0.347 e. The van der Waals surface area contributed by atoms with Gasteiger partial charge in [0.05, 0.1) is 0 Å². The maximum atomic E-state index is 11.9. The first-order chi connectivity index (χ1) is 7.68. The highest BCUT2D eigenvalue weighted by molar-refractivity contribution is 7.08. The van der Waals surface area contributed by atoms with Crippen LogP contribution >= 0.6 is 11.3 Å². The number of carbonyl (C=O) groups excluding carboxylic acids is 1. The Kier molecular flexibility index (Phi) is 3.61. The molecule has 0 spiro atoms. The lowest BCUT2D eigenvalue weighted by molar-refractivity contribution is 0.0898. The Hall–Kier alpha value is -0.870. The second-order valence-corrected chi connectivity index (χ2v) is 5.30. The van der Waals surface area contributed by atoms with E-state index in [1.165, 1.54) is 0 Å². The summed E-state index contributed by atoms with van der Waals surface area (Å²) in [5.74, 6) is 0.590. The molecule has 3 nitrogen and oxygen atoms in total. The second kappa shape index (κ2) is 4.97. The third kappa shape index (κ3) is 2.44. The van der Waals surface area contributed by atoms with E-state index in [4.69, 9.17) is 0 Å². The molecule has 1 aromatic rings. The molecule has 1 saturated heterocycles. The van der Waals surface area contributed by atoms with Gasteiger partial charge in [-0.3, -0.25) is 4.79 Å². The molecule has 16 heavy (non-hydrogen) atoms. The van der Waals surface area contributed by atoms with Crippen molar-refractivity contribution in [3.63, 3.8) is 0 Å². The van der Waals surface area contributed by atoms with Gasteiger partial charge < -0.3 is 10.6 Å². The normalized spacial score (nSPS) is 30.0. The topological polar surface area (TPSA) is 41.1 Å². The quantitative estimate of drug-likeness (QED) is 0.826. The van der Waals surface area contributed by atoms with E-state index in [-0.39, 0.29) is 11.9 Å². The lowest BCUT2D eigenvalue weighted by Gasteiger charge is -2.35. The first-order valence-electron chi connectivity index (χ1n) is 5.75. The first-order valence-corrected chi connectivity index (χ1v) is 6.69. The Morgan fingerprint density at radius 1 is 1.56 bits per heavy atom. The molecule has 2 N–H and O–H groups in total. The highest BCUT2D eigenvalue weighted by atomic mass is 32.1. The zero-order valence-corrected chi connectivity index (χ0v) is 10.5. The van der Waals surface area contributed by atoms with Gasteiger partial charge in [0, 0.05) is 23.0 Å². The molecule has 1 aliphatic rings. The standard InChI is InChI=1S/C12H18N2OS/c1-8-3-5-13-9(2)11(8)14-12(15)10-4-6-16-7-10/h4,6-9,11,13H,3,5H2,1-2H3,(H,14,15). The van der Waals surface area contributed by atoms with Gasteiger partial charge in [-0.05, 0) is 37.3 Å². The van der Waals surface area contributed by atoms with Crippen LogP contribution < -0.4 is 10.6 Å². The molecule has 3 unspecified atom stereocenters. The van der Waals surface area contributed by atoms with Crippen molar-refractivity contribution in [2.45, 2.75) is 32.4 Å². The molecule has 4 heteroatoms. The molecule has 1 fully saturated rings. The molecule has 3 atom stereocenters. The average molecular weight is 238 g/mol. The van der Waals surface area contributed by atoms with Crippen LogP contribution in [0.15, 0.2) is 16.8 Å². The number of nitrogens with one attached hydrogen (secondary N) is 2. The molecule has 88 valence electrons. The summed E-state index contributed by atoms with van der Waals surface area (Å²) in [5.41, 5.74) is 0.773. The minimum atomic E-state index is 0.0497. The van der Waals surface area contributed by atoms with E-state index in [2.05, 4.69) is 24.5 Å². The lowest BCUT2D eigenvalue weighted by atomic mass is 9.89.